The molecule has 0 bridgehead atoms. The van der Waals surface area contributed by atoms with E-state index in [-0.39, 0.29) is 5.56 Å². The third-order valence-corrected chi connectivity index (χ3v) is 3.67. The minimum atomic E-state index is -0.0441. The molecular formula is C11H18N2OS2. The van der Waals surface area contributed by atoms with E-state index in [1.54, 1.807) is 0 Å². The van der Waals surface area contributed by atoms with Crippen molar-refractivity contribution >= 4 is 24.0 Å². The largest absolute Gasteiger partial charge is 0.336 e. The minimum Gasteiger partial charge on any atom is -0.336 e. The van der Waals surface area contributed by atoms with E-state index in [0.717, 1.165) is 23.4 Å². The fourth-order valence-corrected chi connectivity index (χ4v) is 2.74. The van der Waals surface area contributed by atoms with Crippen LogP contribution in [0, 0.1) is 11.7 Å². The van der Waals surface area contributed by atoms with Crippen LogP contribution in [0.1, 0.15) is 31.0 Å². The van der Waals surface area contributed by atoms with Crippen molar-refractivity contribution < 1.29 is 0 Å². The second-order valence-corrected chi connectivity index (χ2v) is 5.36. The number of thioether (sulfide) groups is 1. The van der Waals surface area contributed by atoms with Gasteiger partial charge in [-0.2, -0.15) is 11.8 Å². The summed E-state index contributed by atoms with van der Waals surface area (Å²) in [6, 6.07) is 0. The molecule has 16 heavy (non-hydrogen) atoms. The molecule has 3 nitrogen and oxygen atoms in total. The number of aromatic nitrogens is 2. The van der Waals surface area contributed by atoms with Crippen LogP contribution in [0.4, 0.5) is 0 Å². The highest BCUT2D eigenvalue weighted by Crippen LogP contribution is 2.08. The van der Waals surface area contributed by atoms with E-state index in [9.17, 15) is 4.79 Å². The lowest BCUT2D eigenvalue weighted by atomic mass is 10.2. The second kappa shape index (κ2) is 6.91. The van der Waals surface area contributed by atoms with Gasteiger partial charge in [0.2, 0.25) is 0 Å². The lowest BCUT2D eigenvalue weighted by Gasteiger charge is -2.04. The molecule has 90 valence electrons. The van der Waals surface area contributed by atoms with E-state index in [1.807, 2.05) is 18.7 Å². The molecular weight excluding hydrogens is 240 g/mol. The first-order valence-corrected chi connectivity index (χ1v) is 7.11. The average Bonchev–Trinajstić information content (AvgIpc) is 2.20. The Bertz CT molecular complexity index is 436. The Hall–Kier alpha value is -0.550. The number of hydrogen-bond acceptors (Lipinski definition) is 3. The molecule has 0 unspecified atom stereocenters. The van der Waals surface area contributed by atoms with E-state index in [4.69, 9.17) is 12.2 Å². The Morgan fingerprint density at radius 3 is 2.69 bits per heavy atom. The van der Waals surface area contributed by atoms with Gasteiger partial charge in [-0.3, -0.25) is 9.78 Å². The van der Waals surface area contributed by atoms with Crippen molar-refractivity contribution in [1.29, 1.82) is 0 Å². The Kier molecular flexibility index (Phi) is 5.84. The molecule has 1 rings (SSSR count). The smallest absolute Gasteiger partial charge is 0.255 e. The molecule has 2 N–H and O–H groups in total. The predicted octanol–water partition coefficient (Wildman–Crippen LogP) is 2.82. The van der Waals surface area contributed by atoms with Gasteiger partial charge in [-0.05, 0) is 43.5 Å². The quantitative estimate of drug-likeness (QED) is 0.609. The maximum atomic E-state index is 11.6. The highest BCUT2D eigenvalue weighted by atomic mass is 32.2. The molecule has 0 saturated carbocycles. The van der Waals surface area contributed by atoms with E-state index in [2.05, 4.69) is 16.9 Å². The zero-order chi connectivity index (χ0) is 12.0. The zero-order valence-corrected chi connectivity index (χ0v) is 11.4. The van der Waals surface area contributed by atoms with Crippen LogP contribution in [-0.2, 0) is 6.42 Å². The van der Waals surface area contributed by atoms with Crippen molar-refractivity contribution in [2.45, 2.75) is 33.1 Å². The highest BCUT2D eigenvalue weighted by molar-refractivity contribution is 7.99. The summed E-state index contributed by atoms with van der Waals surface area (Å²) in [5.74, 6) is 2.17. The Morgan fingerprint density at radius 2 is 2.06 bits per heavy atom. The molecule has 0 amide bonds. The second-order valence-electron chi connectivity index (χ2n) is 3.73. The van der Waals surface area contributed by atoms with Crippen LogP contribution in [0.2, 0.25) is 0 Å². The van der Waals surface area contributed by atoms with Crippen molar-refractivity contribution in [2.24, 2.45) is 0 Å². The number of H-pyrrole nitrogens is 2. The van der Waals surface area contributed by atoms with Crippen LogP contribution in [0.25, 0.3) is 0 Å². The first-order chi connectivity index (χ1) is 7.65. The minimum absolute atomic E-state index is 0.0441. The van der Waals surface area contributed by atoms with Crippen LogP contribution in [-0.4, -0.2) is 21.5 Å². The van der Waals surface area contributed by atoms with E-state index in [1.165, 1.54) is 18.6 Å². The van der Waals surface area contributed by atoms with Crippen LogP contribution in [0.5, 0.6) is 0 Å². The number of aromatic amines is 2. The Balaban J connectivity index is 2.54. The number of aryl methyl sites for hydroxylation is 1. The molecule has 0 atom stereocenters. The molecule has 1 heterocycles. The molecule has 0 aromatic carbocycles. The van der Waals surface area contributed by atoms with Gasteiger partial charge in [-0.25, -0.2) is 0 Å². The maximum absolute atomic E-state index is 11.6. The lowest BCUT2D eigenvalue weighted by molar-refractivity contribution is 0.894. The zero-order valence-electron chi connectivity index (χ0n) is 9.76. The standard InChI is InChI=1S/C11H18N2OS2/c1-3-4-6-16-7-5-9-8(2)12-11(15)13-10(9)14/h3-7H2,1-2H3,(H2,12,13,14,15). The monoisotopic (exact) mass is 258 g/mol. The van der Waals surface area contributed by atoms with Crippen molar-refractivity contribution in [3.05, 3.63) is 26.4 Å². The molecule has 0 fully saturated rings. The number of nitrogens with one attached hydrogen (secondary N) is 2. The average molecular weight is 258 g/mol. The summed E-state index contributed by atoms with van der Waals surface area (Å²) in [5.41, 5.74) is 1.68. The molecule has 0 aliphatic carbocycles. The van der Waals surface area contributed by atoms with Crippen LogP contribution < -0.4 is 5.56 Å². The van der Waals surface area contributed by atoms with Crippen LogP contribution in [0.15, 0.2) is 4.79 Å². The molecule has 0 spiro atoms. The first kappa shape index (κ1) is 13.5. The third-order valence-electron chi connectivity index (χ3n) is 2.39. The SMILES string of the molecule is CCCCSCCc1c(C)[nH]c(=S)[nH]c1=O. The molecule has 0 aliphatic rings. The van der Waals surface area contributed by atoms with Gasteiger partial charge >= 0.3 is 0 Å². The third kappa shape index (κ3) is 4.14. The summed E-state index contributed by atoms with van der Waals surface area (Å²) in [6.07, 6.45) is 3.28. The van der Waals surface area contributed by atoms with Gasteiger partial charge in [0.05, 0.1) is 0 Å². The van der Waals surface area contributed by atoms with Gasteiger partial charge in [0.1, 0.15) is 0 Å². The van der Waals surface area contributed by atoms with Crippen molar-refractivity contribution in [3.8, 4) is 0 Å². The van der Waals surface area contributed by atoms with E-state index < -0.39 is 0 Å². The van der Waals surface area contributed by atoms with Crippen molar-refractivity contribution in [2.75, 3.05) is 11.5 Å². The molecule has 1 aromatic heterocycles. The van der Waals surface area contributed by atoms with Gasteiger partial charge in [0.15, 0.2) is 4.77 Å². The molecule has 5 heteroatoms. The number of unbranched alkanes of at least 4 members (excludes halogenated alkanes) is 1. The van der Waals surface area contributed by atoms with Crippen LogP contribution >= 0.6 is 24.0 Å². The van der Waals surface area contributed by atoms with E-state index in [0.29, 0.717) is 4.77 Å². The molecule has 0 saturated heterocycles. The maximum Gasteiger partial charge on any atom is 0.255 e. The number of rotatable bonds is 6. The van der Waals surface area contributed by atoms with E-state index >= 15 is 0 Å². The Labute approximate surface area is 105 Å². The fourth-order valence-electron chi connectivity index (χ4n) is 1.45. The fraction of sp³-hybridized carbons (Fsp3) is 0.636. The van der Waals surface area contributed by atoms with Gasteiger partial charge < -0.3 is 4.98 Å². The van der Waals surface area contributed by atoms with Gasteiger partial charge in [0, 0.05) is 11.3 Å². The molecule has 0 radical (unpaired) electrons. The van der Waals surface area contributed by atoms with Crippen molar-refractivity contribution in [3.63, 3.8) is 0 Å². The molecule has 1 aromatic rings. The first-order valence-electron chi connectivity index (χ1n) is 5.55. The number of hydrogen-bond donors (Lipinski definition) is 2. The van der Waals surface area contributed by atoms with Gasteiger partial charge in [-0.15, -0.1) is 0 Å². The lowest BCUT2D eigenvalue weighted by Crippen LogP contribution is -2.17. The van der Waals surface area contributed by atoms with Gasteiger partial charge in [0.25, 0.3) is 5.56 Å². The summed E-state index contributed by atoms with van der Waals surface area (Å²) < 4.78 is 0.407. The summed E-state index contributed by atoms with van der Waals surface area (Å²) in [7, 11) is 0. The van der Waals surface area contributed by atoms with Crippen molar-refractivity contribution in [1.82, 2.24) is 9.97 Å². The summed E-state index contributed by atoms with van der Waals surface area (Å²) in [5, 5.41) is 0. The normalized spacial score (nSPS) is 10.6. The predicted molar refractivity (Wildman–Crippen MR) is 72.9 cm³/mol. The molecule has 0 aliphatic heterocycles. The van der Waals surface area contributed by atoms with Crippen LogP contribution in [0.3, 0.4) is 0 Å². The Morgan fingerprint density at radius 1 is 1.31 bits per heavy atom. The summed E-state index contributed by atoms with van der Waals surface area (Å²) in [6.45, 7) is 4.09. The highest BCUT2D eigenvalue weighted by Gasteiger charge is 2.04. The van der Waals surface area contributed by atoms with Gasteiger partial charge in [-0.1, -0.05) is 13.3 Å². The summed E-state index contributed by atoms with van der Waals surface area (Å²) in [4.78, 5) is 17.2. The summed E-state index contributed by atoms with van der Waals surface area (Å²) >= 11 is 6.80. The topological polar surface area (TPSA) is 48.6 Å².